The monoisotopic (exact) mass is 586 g/mol. The van der Waals surface area contributed by atoms with E-state index in [9.17, 15) is 34.8 Å². The Morgan fingerprint density at radius 1 is 1.14 bits per heavy atom. The summed E-state index contributed by atoms with van der Waals surface area (Å²) in [5, 5.41) is 44.8. The molecule has 0 unspecified atom stereocenters. The first kappa shape index (κ1) is 30.1. The molecule has 1 amide bonds. The number of likely N-dealkylation sites (N-methyl/N-ethyl adjacent to an activating group) is 1. The van der Waals surface area contributed by atoms with Crippen LogP contribution in [0.5, 0.6) is 5.75 Å². The predicted octanol–water partition coefficient (Wildman–Crippen LogP) is 1.03. The first-order valence-corrected chi connectivity index (χ1v) is 14.2. The van der Waals surface area contributed by atoms with Crippen molar-refractivity contribution >= 4 is 17.5 Å². The van der Waals surface area contributed by atoms with Gasteiger partial charge in [0, 0.05) is 35.7 Å². The first-order chi connectivity index (χ1) is 19.7. The first-order valence-electron chi connectivity index (χ1n) is 14.2. The Morgan fingerprint density at radius 3 is 2.36 bits per heavy atom. The van der Waals surface area contributed by atoms with E-state index in [1.54, 1.807) is 14.1 Å². The second kappa shape index (κ2) is 10.7. The number of hydrogen-bond donors (Lipinski definition) is 5. The maximum absolute atomic E-state index is 16.1. The van der Waals surface area contributed by atoms with Crippen molar-refractivity contribution in [1.82, 2.24) is 14.7 Å². The van der Waals surface area contributed by atoms with Crippen LogP contribution >= 0.6 is 0 Å². The van der Waals surface area contributed by atoms with Gasteiger partial charge in [0.05, 0.1) is 11.6 Å². The molecular formula is C30H39FN4O7. The van der Waals surface area contributed by atoms with Crippen LogP contribution in [0.1, 0.15) is 40.7 Å². The van der Waals surface area contributed by atoms with Gasteiger partial charge in [-0.3, -0.25) is 24.2 Å². The number of benzene rings is 1. The summed E-state index contributed by atoms with van der Waals surface area (Å²) >= 11 is 0. The van der Waals surface area contributed by atoms with E-state index in [2.05, 4.69) is 9.80 Å². The van der Waals surface area contributed by atoms with Gasteiger partial charge >= 0.3 is 0 Å². The number of fused-ring (bicyclic) bond motifs is 3. The smallest absolute Gasteiger partial charge is 0.255 e. The summed E-state index contributed by atoms with van der Waals surface area (Å²) in [6.07, 6.45) is 1.78. The van der Waals surface area contributed by atoms with Gasteiger partial charge in [-0.05, 0) is 84.9 Å². The van der Waals surface area contributed by atoms with Gasteiger partial charge in [0.2, 0.25) is 5.78 Å². The highest BCUT2D eigenvalue weighted by Gasteiger charge is 2.63. The van der Waals surface area contributed by atoms with Crippen molar-refractivity contribution in [1.29, 1.82) is 0 Å². The minimum Gasteiger partial charge on any atom is -0.510 e. The van der Waals surface area contributed by atoms with Crippen molar-refractivity contribution in [2.24, 2.45) is 23.5 Å². The minimum atomic E-state index is -2.72. The lowest BCUT2D eigenvalue weighted by atomic mass is 9.58. The Hall–Kier alpha value is -3.32. The number of carbonyl (C=O) groups excluding carboxylic acids is 3. The third-order valence-electron chi connectivity index (χ3n) is 9.46. The number of piperidine rings is 1. The zero-order chi connectivity index (χ0) is 30.8. The number of nitrogens with two attached hydrogens (primary N) is 1. The molecule has 4 aliphatic rings. The molecule has 0 aromatic heterocycles. The summed E-state index contributed by atoms with van der Waals surface area (Å²) in [7, 11) is 7.19. The third-order valence-corrected chi connectivity index (χ3v) is 9.46. The Labute approximate surface area is 243 Å². The molecule has 0 bridgehead atoms. The Bertz CT molecular complexity index is 1410. The number of primary amides is 1. The number of phenols is 1. The van der Waals surface area contributed by atoms with E-state index in [4.69, 9.17) is 5.73 Å². The van der Waals surface area contributed by atoms with E-state index < -0.39 is 69.6 Å². The number of halogens is 1. The van der Waals surface area contributed by atoms with Crippen LogP contribution in [0.25, 0.3) is 0 Å². The number of hydrogen-bond acceptors (Lipinski definition) is 10. The largest absolute Gasteiger partial charge is 0.510 e. The predicted molar refractivity (Wildman–Crippen MR) is 150 cm³/mol. The molecule has 1 aromatic rings. The summed E-state index contributed by atoms with van der Waals surface area (Å²) in [6, 6.07) is 0.131. The Morgan fingerprint density at radius 2 is 1.79 bits per heavy atom. The number of aliphatic hydroxyl groups is 3. The number of likely N-dealkylation sites (tertiary alicyclic amines) is 1. The SMILES string of the molecule is CN(C)CC1CCN(Cc2cc(O)c3c(c2F)C[C@H]2C[C@H]4[C@H](N(C)C)C(O)=C(C(N)=O)C(=O)[C@@]4(O)C(O)=C2C3=O)CC1. The number of nitrogens with zero attached hydrogens (tertiary/aromatic N) is 3. The van der Waals surface area contributed by atoms with E-state index >= 15 is 4.39 Å². The number of rotatable bonds is 6. The molecule has 11 nitrogen and oxygen atoms in total. The van der Waals surface area contributed by atoms with Gasteiger partial charge in [-0.25, -0.2) is 4.39 Å². The molecule has 228 valence electrons. The number of allylic oxidation sites excluding steroid dienone is 1. The molecule has 0 spiro atoms. The number of Topliss-reactive ketones (excluding diaryl/α,β-unsaturated/α-hetero) is 2. The van der Waals surface area contributed by atoms with Crippen LogP contribution in [0, 0.1) is 23.6 Å². The van der Waals surface area contributed by atoms with E-state index in [0.717, 1.165) is 32.5 Å². The quantitative estimate of drug-likeness (QED) is 0.304. The van der Waals surface area contributed by atoms with Gasteiger partial charge < -0.3 is 31.1 Å². The van der Waals surface area contributed by atoms with Gasteiger partial charge in [0.1, 0.15) is 28.7 Å². The molecule has 5 rings (SSSR count). The molecule has 0 radical (unpaired) electrons. The maximum atomic E-state index is 16.1. The van der Waals surface area contributed by atoms with Crippen LogP contribution in [0.2, 0.25) is 0 Å². The molecular weight excluding hydrogens is 547 g/mol. The normalized spacial score (nSPS) is 28.8. The van der Waals surface area contributed by atoms with E-state index in [-0.39, 0.29) is 41.6 Å². The van der Waals surface area contributed by atoms with E-state index in [1.165, 1.54) is 11.0 Å². The van der Waals surface area contributed by atoms with E-state index in [0.29, 0.717) is 5.92 Å². The lowest BCUT2D eigenvalue weighted by Gasteiger charge is -2.50. The van der Waals surface area contributed by atoms with Gasteiger partial charge in [0.25, 0.3) is 5.91 Å². The minimum absolute atomic E-state index is 0.0191. The van der Waals surface area contributed by atoms with Crippen molar-refractivity contribution in [2.75, 3.05) is 47.8 Å². The Balaban J connectivity index is 1.51. The molecule has 1 fully saturated rings. The second-order valence-electron chi connectivity index (χ2n) is 12.7. The van der Waals surface area contributed by atoms with Crippen LogP contribution in [-0.4, -0.2) is 112 Å². The van der Waals surface area contributed by atoms with Crippen molar-refractivity contribution < 1.29 is 39.2 Å². The molecule has 12 heteroatoms. The van der Waals surface area contributed by atoms with Gasteiger partial charge in [0.15, 0.2) is 11.4 Å². The number of aliphatic hydroxyl groups excluding tert-OH is 2. The zero-order valence-electron chi connectivity index (χ0n) is 24.4. The lowest BCUT2D eigenvalue weighted by Crippen LogP contribution is -2.63. The number of amides is 1. The molecule has 3 aliphatic carbocycles. The highest BCUT2D eigenvalue weighted by atomic mass is 19.1. The van der Waals surface area contributed by atoms with Gasteiger partial charge in [-0.15, -0.1) is 0 Å². The number of phenolic OH excluding ortho intramolecular Hbond substituents is 1. The number of ketones is 2. The summed E-state index contributed by atoms with van der Waals surface area (Å²) in [5.74, 6) is -7.57. The summed E-state index contributed by atoms with van der Waals surface area (Å²) < 4.78 is 16.1. The average Bonchev–Trinajstić information content (AvgIpc) is 2.89. The molecule has 1 aliphatic heterocycles. The zero-order valence-corrected chi connectivity index (χ0v) is 24.4. The van der Waals surface area contributed by atoms with Crippen molar-refractivity contribution in [2.45, 2.75) is 43.9 Å². The fourth-order valence-corrected chi connectivity index (χ4v) is 7.55. The number of aromatic hydroxyl groups is 1. The van der Waals surface area contributed by atoms with Crippen LogP contribution < -0.4 is 5.73 Å². The summed E-state index contributed by atoms with van der Waals surface area (Å²) in [6.45, 7) is 2.81. The molecule has 1 heterocycles. The van der Waals surface area contributed by atoms with Gasteiger partial charge in [-0.1, -0.05) is 0 Å². The molecule has 4 atom stereocenters. The maximum Gasteiger partial charge on any atom is 0.255 e. The van der Waals surface area contributed by atoms with Crippen LogP contribution in [0.3, 0.4) is 0 Å². The molecule has 1 saturated heterocycles. The van der Waals surface area contributed by atoms with E-state index in [1.807, 2.05) is 14.1 Å². The highest BCUT2D eigenvalue weighted by Crippen LogP contribution is 2.52. The van der Waals surface area contributed by atoms with Crippen molar-refractivity contribution in [3.8, 4) is 5.75 Å². The third kappa shape index (κ3) is 4.61. The average molecular weight is 587 g/mol. The molecule has 42 heavy (non-hydrogen) atoms. The van der Waals surface area contributed by atoms with Crippen LogP contribution in [0.4, 0.5) is 4.39 Å². The van der Waals surface area contributed by atoms with Crippen molar-refractivity contribution in [3.05, 3.63) is 51.2 Å². The Kier molecular flexibility index (Phi) is 7.71. The van der Waals surface area contributed by atoms with Crippen LogP contribution in [-0.2, 0) is 22.6 Å². The highest BCUT2D eigenvalue weighted by molar-refractivity contribution is 6.24. The standard InChI is InChI=1S/C30H39FN4O7/c1-33(2)12-14-5-7-35(8-6-14)13-16-11-19(36)21-17(23(16)31)9-15-10-18-24(34(3)4)26(38)22(29(32)41)28(40)30(18,42)27(39)20(15)25(21)37/h11,14-15,18,24,36,38-39,42H,5-10,12-13H2,1-4H3,(H2,32,41)/t15-,18-,24-,30-/m0/s1. The number of carbonyl (C=O) groups is 3. The topological polar surface area (TPSA) is 168 Å². The fraction of sp³-hybridized carbons (Fsp3) is 0.567. The van der Waals surface area contributed by atoms with Crippen LogP contribution in [0.15, 0.2) is 28.7 Å². The molecule has 6 N–H and O–H groups in total. The molecule has 1 aromatic carbocycles. The summed E-state index contributed by atoms with van der Waals surface area (Å²) in [5.41, 5.74) is 1.42. The summed E-state index contributed by atoms with van der Waals surface area (Å²) in [4.78, 5) is 44.9. The van der Waals surface area contributed by atoms with Crippen molar-refractivity contribution in [3.63, 3.8) is 0 Å². The molecule has 0 saturated carbocycles. The second-order valence-corrected chi connectivity index (χ2v) is 12.7. The fourth-order valence-electron chi connectivity index (χ4n) is 7.55. The van der Waals surface area contributed by atoms with Gasteiger partial charge in [-0.2, -0.15) is 0 Å². The lowest BCUT2D eigenvalue weighted by molar-refractivity contribution is -0.148.